The Hall–Kier alpha value is -1.97. The summed E-state index contributed by atoms with van der Waals surface area (Å²) in [6, 6.07) is 5.66. The Balaban J connectivity index is 2.11. The largest absolute Gasteiger partial charge is 0.497 e. The Kier molecular flexibility index (Phi) is 4.66. The van der Waals surface area contributed by atoms with Crippen molar-refractivity contribution < 1.29 is 13.9 Å². The molecule has 0 aliphatic rings. The number of carbonyl (C=O) groups excluding carboxylic acids is 1. The molecule has 0 saturated heterocycles. The van der Waals surface area contributed by atoms with Crippen molar-refractivity contribution in [2.75, 3.05) is 20.7 Å². The van der Waals surface area contributed by atoms with E-state index in [0.717, 1.165) is 41.7 Å². The first-order valence-electron chi connectivity index (χ1n) is 6.93. The van der Waals surface area contributed by atoms with Crippen LogP contribution in [0.1, 0.15) is 25.3 Å². The number of nitrogens with zero attached hydrogens (tertiary/aromatic N) is 1. The smallest absolute Gasteiger partial charge is 0.226 e. The number of fused-ring (bicyclic) bond motifs is 1. The lowest BCUT2D eigenvalue weighted by atomic mass is 10.1. The third kappa shape index (κ3) is 3.13. The zero-order chi connectivity index (χ0) is 14.5. The van der Waals surface area contributed by atoms with E-state index in [-0.39, 0.29) is 5.91 Å². The van der Waals surface area contributed by atoms with Gasteiger partial charge in [0.15, 0.2) is 0 Å². The van der Waals surface area contributed by atoms with Crippen LogP contribution in [-0.2, 0) is 11.2 Å². The third-order valence-corrected chi connectivity index (χ3v) is 3.48. The van der Waals surface area contributed by atoms with Crippen molar-refractivity contribution in [2.24, 2.45) is 0 Å². The fourth-order valence-corrected chi connectivity index (χ4v) is 2.15. The average molecular weight is 275 g/mol. The number of ether oxygens (including phenoxy) is 1. The number of hydrogen-bond donors (Lipinski definition) is 0. The fraction of sp³-hybridized carbons (Fsp3) is 0.438. The molecule has 1 amide bonds. The van der Waals surface area contributed by atoms with Crippen LogP contribution in [0.15, 0.2) is 28.9 Å². The highest BCUT2D eigenvalue weighted by Gasteiger charge is 2.14. The summed E-state index contributed by atoms with van der Waals surface area (Å²) in [4.78, 5) is 13.9. The molecule has 0 aliphatic carbocycles. The second-order valence-corrected chi connectivity index (χ2v) is 4.97. The van der Waals surface area contributed by atoms with Crippen molar-refractivity contribution in [3.8, 4) is 5.75 Å². The molecular formula is C16H21NO3. The van der Waals surface area contributed by atoms with Crippen LogP contribution in [0.3, 0.4) is 0 Å². The molecular weight excluding hydrogens is 254 g/mol. The standard InChI is InChI=1S/C16H21NO3/c1-4-5-8-17(2)16(18)9-12-11-20-15-10-13(19-3)6-7-14(12)15/h6-7,10-11H,4-5,8-9H2,1-3H3. The van der Waals surface area contributed by atoms with Crippen molar-refractivity contribution in [1.82, 2.24) is 4.90 Å². The molecule has 2 aromatic rings. The zero-order valence-corrected chi connectivity index (χ0v) is 12.3. The fourth-order valence-electron chi connectivity index (χ4n) is 2.15. The van der Waals surface area contributed by atoms with E-state index in [1.54, 1.807) is 18.3 Å². The maximum Gasteiger partial charge on any atom is 0.226 e. The summed E-state index contributed by atoms with van der Waals surface area (Å²) in [5.41, 5.74) is 1.68. The van der Waals surface area contributed by atoms with Gasteiger partial charge in [0.2, 0.25) is 5.91 Å². The molecule has 1 aromatic carbocycles. The lowest BCUT2D eigenvalue weighted by molar-refractivity contribution is -0.129. The molecule has 2 rings (SSSR count). The predicted molar refractivity (Wildman–Crippen MR) is 79.0 cm³/mol. The minimum Gasteiger partial charge on any atom is -0.497 e. The van der Waals surface area contributed by atoms with E-state index in [1.165, 1.54) is 0 Å². The third-order valence-electron chi connectivity index (χ3n) is 3.48. The highest BCUT2D eigenvalue weighted by atomic mass is 16.5. The molecule has 0 radical (unpaired) electrons. The van der Waals surface area contributed by atoms with E-state index in [4.69, 9.17) is 9.15 Å². The molecule has 4 heteroatoms. The Morgan fingerprint density at radius 3 is 2.90 bits per heavy atom. The average Bonchev–Trinajstić information content (AvgIpc) is 2.86. The van der Waals surface area contributed by atoms with E-state index in [9.17, 15) is 4.79 Å². The second kappa shape index (κ2) is 6.46. The number of unbranched alkanes of at least 4 members (excludes halogenated alkanes) is 1. The molecule has 0 aliphatic heterocycles. The first kappa shape index (κ1) is 14.4. The molecule has 0 bridgehead atoms. The van der Waals surface area contributed by atoms with Crippen LogP contribution in [0.5, 0.6) is 5.75 Å². The Bertz CT molecular complexity index is 588. The van der Waals surface area contributed by atoms with Crippen molar-refractivity contribution in [3.05, 3.63) is 30.0 Å². The molecule has 0 saturated carbocycles. The van der Waals surface area contributed by atoms with Crippen molar-refractivity contribution in [3.63, 3.8) is 0 Å². The zero-order valence-electron chi connectivity index (χ0n) is 12.3. The van der Waals surface area contributed by atoms with Gasteiger partial charge in [0.25, 0.3) is 0 Å². The number of carbonyl (C=O) groups is 1. The molecule has 108 valence electrons. The van der Waals surface area contributed by atoms with E-state index in [2.05, 4.69) is 6.92 Å². The Morgan fingerprint density at radius 1 is 1.40 bits per heavy atom. The monoisotopic (exact) mass is 275 g/mol. The number of hydrogen-bond acceptors (Lipinski definition) is 3. The molecule has 4 nitrogen and oxygen atoms in total. The van der Waals surface area contributed by atoms with Crippen LogP contribution in [0.25, 0.3) is 11.0 Å². The number of furan rings is 1. The van der Waals surface area contributed by atoms with Crippen molar-refractivity contribution >= 4 is 16.9 Å². The minimum atomic E-state index is 0.122. The summed E-state index contributed by atoms with van der Waals surface area (Å²) in [6.45, 7) is 2.92. The first-order valence-corrected chi connectivity index (χ1v) is 6.93. The van der Waals surface area contributed by atoms with Gasteiger partial charge in [-0.2, -0.15) is 0 Å². The normalized spacial score (nSPS) is 10.8. The molecule has 0 unspecified atom stereocenters. The van der Waals surface area contributed by atoms with Gasteiger partial charge in [0.1, 0.15) is 11.3 Å². The summed E-state index contributed by atoms with van der Waals surface area (Å²) in [6.07, 6.45) is 4.16. The number of rotatable bonds is 6. The van der Waals surface area contributed by atoms with Crippen molar-refractivity contribution in [2.45, 2.75) is 26.2 Å². The number of likely N-dealkylation sites (N-methyl/N-ethyl adjacent to an activating group) is 1. The van der Waals surface area contributed by atoms with Crippen LogP contribution in [-0.4, -0.2) is 31.5 Å². The lowest BCUT2D eigenvalue weighted by Gasteiger charge is -2.16. The van der Waals surface area contributed by atoms with Gasteiger partial charge in [0.05, 0.1) is 19.8 Å². The van der Waals surface area contributed by atoms with Gasteiger partial charge in [0, 0.05) is 30.6 Å². The molecule has 20 heavy (non-hydrogen) atoms. The predicted octanol–water partition coefficient (Wildman–Crippen LogP) is 3.24. The molecule has 0 N–H and O–H groups in total. The molecule has 0 atom stereocenters. The molecule has 0 fully saturated rings. The van der Waals surface area contributed by atoms with E-state index < -0.39 is 0 Å². The quantitative estimate of drug-likeness (QED) is 0.812. The van der Waals surface area contributed by atoms with Gasteiger partial charge in [-0.1, -0.05) is 13.3 Å². The van der Waals surface area contributed by atoms with Crippen LogP contribution >= 0.6 is 0 Å². The summed E-state index contributed by atoms with van der Waals surface area (Å²) in [5.74, 6) is 0.877. The number of amides is 1. The Labute approximate surface area is 119 Å². The summed E-state index contributed by atoms with van der Waals surface area (Å²) < 4.78 is 10.7. The lowest BCUT2D eigenvalue weighted by Crippen LogP contribution is -2.29. The van der Waals surface area contributed by atoms with Crippen LogP contribution in [0, 0.1) is 0 Å². The topological polar surface area (TPSA) is 42.7 Å². The first-order chi connectivity index (χ1) is 9.65. The van der Waals surface area contributed by atoms with Crippen molar-refractivity contribution in [1.29, 1.82) is 0 Å². The van der Waals surface area contributed by atoms with Gasteiger partial charge < -0.3 is 14.1 Å². The molecule has 1 aromatic heterocycles. The van der Waals surface area contributed by atoms with Crippen LogP contribution < -0.4 is 4.74 Å². The van der Waals surface area contributed by atoms with Gasteiger partial charge in [-0.25, -0.2) is 0 Å². The van der Waals surface area contributed by atoms with E-state index >= 15 is 0 Å². The maximum absolute atomic E-state index is 12.1. The summed E-state index contributed by atoms with van der Waals surface area (Å²) in [5, 5.41) is 0.975. The summed E-state index contributed by atoms with van der Waals surface area (Å²) in [7, 11) is 3.47. The molecule has 0 spiro atoms. The Morgan fingerprint density at radius 2 is 2.20 bits per heavy atom. The second-order valence-electron chi connectivity index (χ2n) is 4.97. The summed E-state index contributed by atoms with van der Waals surface area (Å²) >= 11 is 0. The maximum atomic E-state index is 12.1. The number of methoxy groups -OCH3 is 1. The molecule has 1 heterocycles. The van der Waals surface area contributed by atoms with Gasteiger partial charge in [-0.15, -0.1) is 0 Å². The van der Waals surface area contributed by atoms with Gasteiger partial charge >= 0.3 is 0 Å². The SMILES string of the molecule is CCCCN(C)C(=O)Cc1coc2cc(OC)ccc12. The van der Waals surface area contributed by atoms with Gasteiger partial charge in [-0.05, 0) is 18.6 Å². The van der Waals surface area contributed by atoms with E-state index in [0.29, 0.717) is 6.42 Å². The number of benzene rings is 1. The van der Waals surface area contributed by atoms with Gasteiger partial charge in [-0.3, -0.25) is 4.79 Å². The highest BCUT2D eigenvalue weighted by molar-refractivity contribution is 5.88. The highest BCUT2D eigenvalue weighted by Crippen LogP contribution is 2.26. The van der Waals surface area contributed by atoms with Crippen LogP contribution in [0.4, 0.5) is 0 Å². The van der Waals surface area contributed by atoms with E-state index in [1.807, 2.05) is 25.2 Å². The van der Waals surface area contributed by atoms with Crippen LogP contribution in [0.2, 0.25) is 0 Å². The minimum absolute atomic E-state index is 0.122.